The number of hydrogen-bond acceptors (Lipinski definition) is 4. The summed E-state index contributed by atoms with van der Waals surface area (Å²) in [5, 5.41) is 9.76. The van der Waals surface area contributed by atoms with Crippen LogP contribution in [-0.2, 0) is 6.54 Å². The van der Waals surface area contributed by atoms with Crippen molar-refractivity contribution in [3.8, 4) is 11.5 Å². The van der Waals surface area contributed by atoms with E-state index in [0.29, 0.717) is 11.7 Å². The van der Waals surface area contributed by atoms with Gasteiger partial charge < -0.3 is 15.6 Å². The lowest BCUT2D eigenvalue weighted by atomic mass is 9.96. The minimum atomic E-state index is 0.198. The van der Waals surface area contributed by atoms with E-state index in [4.69, 9.17) is 10.5 Å². The van der Waals surface area contributed by atoms with Crippen molar-refractivity contribution in [2.75, 3.05) is 20.2 Å². The molecule has 0 radical (unpaired) electrons. The van der Waals surface area contributed by atoms with Gasteiger partial charge in [0.15, 0.2) is 11.5 Å². The molecule has 1 aliphatic heterocycles. The Kier molecular flexibility index (Phi) is 4.09. The number of aromatic hydroxyl groups is 1. The van der Waals surface area contributed by atoms with E-state index in [2.05, 4.69) is 11.8 Å². The average molecular weight is 250 g/mol. The Morgan fingerprint density at radius 3 is 2.83 bits per heavy atom. The molecular formula is C14H22N2O2. The van der Waals surface area contributed by atoms with Crippen molar-refractivity contribution in [3.63, 3.8) is 0 Å². The largest absolute Gasteiger partial charge is 0.504 e. The van der Waals surface area contributed by atoms with Crippen molar-refractivity contribution < 1.29 is 9.84 Å². The van der Waals surface area contributed by atoms with Crippen molar-refractivity contribution in [2.24, 2.45) is 11.7 Å². The van der Waals surface area contributed by atoms with Crippen molar-refractivity contribution >= 4 is 0 Å². The summed E-state index contributed by atoms with van der Waals surface area (Å²) in [6, 6.07) is 5.82. The Bertz CT molecular complexity index is 399. The Morgan fingerprint density at radius 1 is 1.44 bits per heavy atom. The number of phenolic OH excluding ortho intramolecular Hbond substituents is 1. The standard InChI is InChI=1S/C14H22N2O2/c1-10-5-12(15)9-16(7-10)8-11-3-4-14(18-2)13(17)6-11/h3-4,6,10,12,17H,5,7-9,15H2,1-2H3. The van der Waals surface area contributed by atoms with E-state index in [9.17, 15) is 5.11 Å². The summed E-state index contributed by atoms with van der Waals surface area (Å²) in [7, 11) is 1.56. The molecule has 1 aliphatic rings. The monoisotopic (exact) mass is 250 g/mol. The lowest BCUT2D eigenvalue weighted by molar-refractivity contribution is 0.158. The summed E-state index contributed by atoms with van der Waals surface area (Å²) in [6.45, 7) is 5.06. The Balaban J connectivity index is 2.02. The zero-order valence-electron chi connectivity index (χ0n) is 11.1. The van der Waals surface area contributed by atoms with Crippen LogP contribution in [0, 0.1) is 5.92 Å². The lowest BCUT2D eigenvalue weighted by Crippen LogP contribution is -2.45. The van der Waals surface area contributed by atoms with Crippen molar-refractivity contribution in [1.82, 2.24) is 4.90 Å². The van der Waals surface area contributed by atoms with Gasteiger partial charge in [0, 0.05) is 25.7 Å². The van der Waals surface area contributed by atoms with Crippen LogP contribution in [0.1, 0.15) is 18.9 Å². The molecule has 0 amide bonds. The second-order valence-electron chi connectivity index (χ2n) is 5.30. The molecule has 4 nitrogen and oxygen atoms in total. The van der Waals surface area contributed by atoms with Crippen LogP contribution in [0.15, 0.2) is 18.2 Å². The number of phenols is 1. The van der Waals surface area contributed by atoms with Gasteiger partial charge in [-0.2, -0.15) is 0 Å². The van der Waals surface area contributed by atoms with Gasteiger partial charge in [-0.15, -0.1) is 0 Å². The third kappa shape index (κ3) is 3.15. The number of rotatable bonds is 3. The zero-order chi connectivity index (χ0) is 13.1. The normalized spacial score (nSPS) is 25.1. The second-order valence-corrected chi connectivity index (χ2v) is 5.30. The Labute approximate surface area is 108 Å². The predicted octanol–water partition coefficient (Wildman–Crippen LogP) is 1.57. The first-order valence-electron chi connectivity index (χ1n) is 6.42. The lowest BCUT2D eigenvalue weighted by Gasteiger charge is -2.34. The highest BCUT2D eigenvalue weighted by atomic mass is 16.5. The molecule has 0 saturated carbocycles. The number of benzene rings is 1. The molecular weight excluding hydrogens is 228 g/mol. The van der Waals surface area contributed by atoms with Gasteiger partial charge in [-0.25, -0.2) is 0 Å². The van der Waals surface area contributed by atoms with E-state index in [1.54, 1.807) is 19.2 Å². The molecule has 1 saturated heterocycles. The van der Waals surface area contributed by atoms with Crippen molar-refractivity contribution in [2.45, 2.75) is 25.9 Å². The SMILES string of the molecule is COc1ccc(CN2CC(C)CC(N)C2)cc1O. The van der Waals surface area contributed by atoms with Gasteiger partial charge in [0.1, 0.15) is 0 Å². The van der Waals surface area contributed by atoms with Gasteiger partial charge in [0.05, 0.1) is 7.11 Å². The van der Waals surface area contributed by atoms with Crippen LogP contribution in [0.5, 0.6) is 11.5 Å². The molecule has 100 valence electrons. The topological polar surface area (TPSA) is 58.7 Å². The number of piperidine rings is 1. The summed E-state index contributed by atoms with van der Waals surface area (Å²) in [6.07, 6.45) is 1.10. The van der Waals surface area contributed by atoms with E-state index in [1.165, 1.54) is 0 Å². The molecule has 2 unspecified atom stereocenters. The third-order valence-electron chi connectivity index (χ3n) is 3.42. The van der Waals surface area contributed by atoms with Crippen LogP contribution in [0.2, 0.25) is 0 Å². The van der Waals surface area contributed by atoms with Gasteiger partial charge in [0.2, 0.25) is 0 Å². The smallest absolute Gasteiger partial charge is 0.160 e. The summed E-state index contributed by atoms with van der Waals surface area (Å²) >= 11 is 0. The van der Waals surface area contributed by atoms with Crippen LogP contribution in [0.3, 0.4) is 0 Å². The maximum atomic E-state index is 9.76. The van der Waals surface area contributed by atoms with E-state index in [1.807, 2.05) is 6.07 Å². The van der Waals surface area contributed by atoms with E-state index in [0.717, 1.165) is 31.6 Å². The van der Waals surface area contributed by atoms with E-state index >= 15 is 0 Å². The highest BCUT2D eigenvalue weighted by Gasteiger charge is 2.22. The molecule has 1 aromatic carbocycles. The summed E-state index contributed by atoms with van der Waals surface area (Å²) < 4.78 is 5.04. The molecule has 1 aromatic rings. The molecule has 0 aliphatic carbocycles. The molecule has 4 heteroatoms. The summed E-state index contributed by atoms with van der Waals surface area (Å²) in [4.78, 5) is 2.35. The molecule has 0 aromatic heterocycles. The van der Waals surface area contributed by atoms with Gasteiger partial charge in [-0.3, -0.25) is 4.90 Å². The Hall–Kier alpha value is -1.26. The Morgan fingerprint density at radius 2 is 2.22 bits per heavy atom. The van der Waals surface area contributed by atoms with Gasteiger partial charge in [-0.1, -0.05) is 13.0 Å². The zero-order valence-corrected chi connectivity index (χ0v) is 11.1. The fourth-order valence-electron chi connectivity index (χ4n) is 2.73. The minimum Gasteiger partial charge on any atom is -0.504 e. The highest BCUT2D eigenvalue weighted by molar-refractivity contribution is 5.41. The fourth-order valence-corrected chi connectivity index (χ4v) is 2.73. The quantitative estimate of drug-likeness (QED) is 0.855. The maximum Gasteiger partial charge on any atom is 0.160 e. The molecule has 2 rings (SSSR count). The van der Waals surface area contributed by atoms with Gasteiger partial charge >= 0.3 is 0 Å². The van der Waals surface area contributed by atoms with Crippen LogP contribution < -0.4 is 10.5 Å². The molecule has 3 N–H and O–H groups in total. The molecule has 2 atom stereocenters. The number of hydrogen-bond donors (Lipinski definition) is 2. The number of ether oxygens (including phenoxy) is 1. The van der Waals surface area contributed by atoms with Gasteiger partial charge in [0.25, 0.3) is 0 Å². The third-order valence-corrected chi connectivity index (χ3v) is 3.42. The first-order chi connectivity index (χ1) is 8.58. The van der Waals surface area contributed by atoms with E-state index < -0.39 is 0 Å². The average Bonchev–Trinajstić information content (AvgIpc) is 2.27. The number of nitrogens with zero attached hydrogens (tertiary/aromatic N) is 1. The molecule has 0 spiro atoms. The summed E-state index contributed by atoms with van der Waals surface area (Å²) in [5.74, 6) is 1.35. The fraction of sp³-hybridized carbons (Fsp3) is 0.571. The van der Waals surface area contributed by atoms with Crippen molar-refractivity contribution in [3.05, 3.63) is 23.8 Å². The maximum absolute atomic E-state index is 9.76. The molecule has 1 fully saturated rings. The molecule has 0 bridgehead atoms. The first-order valence-corrected chi connectivity index (χ1v) is 6.42. The molecule has 1 heterocycles. The van der Waals surface area contributed by atoms with Crippen LogP contribution in [0.4, 0.5) is 0 Å². The summed E-state index contributed by atoms with van der Waals surface area (Å²) in [5.41, 5.74) is 7.13. The first kappa shape index (κ1) is 13.2. The van der Waals surface area contributed by atoms with Crippen LogP contribution in [-0.4, -0.2) is 36.2 Å². The number of nitrogens with two attached hydrogens (primary N) is 1. The van der Waals surface area contributed by atoms with Crippen LogP contribution in [0.25, 0.3) is 0 Å². The molecule has 18 heavy (non-hydrogen) atoms. The number of methoxy groups -OCH3 is 1. The van der Waals surface area contributed by atoms with Crippen LogP contribution >= 0.6 is 0 Å². The second kappa shape index (κ2) is 5.59. The van der Waals surface area contributed by atoms with E-state index in [-0.39, 0.29) is 11.8 Å². The minimum absolute atomic E-state index is 0.198. The number of likely N-dealkylation sites (tertiary alicyclic amines) is 1. The predicted molar refractivity (Wildman–Crippen MR) is 71.7 cm³/mol. The van der Waals surface area contributed by atoms with Crippen molar-refractivity contribution in [1.29, 1.82) is 0 Å². The van der Waals surface area contributed by atoms with Gasteiger partial charge in [-0.05, 0) is 30.0 Å². The highest BCUT2D eigenvalue weighted by Crippen LogP contribution is 2.27.